The van der Waals surface area contributed by atoms with E-state index in [4.69, 9.17) is 11.6 Å². The molecule has 0 heterocycles. The molecule has 0 spiro atoms. The molecule has 2 aromatic carbocycles. The van der Waals surface area contributed by atoms with E-state index in [1.165, 1.54) is 17.8 Å². The fraction of sp³-hybridized carbons (Fsp3) is 0.417. The zero-order valence-electron chi connectivity index (χ0n) is 18.3. The van der Waals surface area contributed by atoms with Gasteiger partial charge in [-0.25, -0.2) is 4.39 Å². The maximum Gasteiger partial charge on any atom is 0.242 e. The zero-order chi connectivity index (χ0) is 22.8. The van der Waals surface area contributed by atoms with E-state index in [1.54, 1.807) is 17.0 Å². The van der Waals surface area contributed by atoms with E-state index in [0.717, 1.165) is 17.5 Å². The van der Waals surface area contributed by atoms with Gasteiger partial charge in [0, 0.05) is 29.4 Å². The Morgan fingerprint density at radius 3 is 2.48 bits per heavy atom. The summed E-state index contributed by atoms with van der Waals surface area (Å²) in [6.07, 6.45) is 1.34. The van der Waals surface area contributed by atoms with Crippen molar-refractivity contribution in [2.45, 2.75) is 52.0 Å². The highest BCUT2D eigenvalue weighted by Gasteiger charge is 2.28. The van der Waals surface area contributed by atoms with E-state index in [1.807, 2.05) is 45.0 Å². The average Bonchev–Trinajstić information content (AvgIpc) is 2.75. The molecule has 7 heteroatoms. The number of thioether (sulfide) groups is 1. The highest BCUT2D eigenvalue weighted by Crippen LogP contribution is 2.24. The van der Waals surface area contributed by atoms with Crippen LogP contribution >= 0.6 is 23.4 Å². The van der Waals surface area contributed by atoms with Crippen molar-refractivity contribution in [2.75, 3.05) is 12.3 Å². The van der Waals surface area contributed by atoms with Crippen LogP contribution < -0.4 is 5.32 Å². The summed E-state index contributed by atoms with van der Waals surface area (Å²) in [5, 5.41) is 3.25. The van der Waals surface area contributed by atoms with Crippen molar-refractivity contribution in [3.05, 3.63) is 70.0 Å². The second kappa shape index (κ2) is 12.7. The smallest absolute Gasteiger partial charge is 0.242 e. The van der Waals surface area contributed by atoms with Crippen LogP contribution in [0, 0.1) is 12.7 Å². The van der Waals surface area contributed by atoms with Crippen LogP contribution in [0.4, 0.5) is 4.39 Å². The van der Waals surface area contributed by atoms with Gasteiger partial charge in [0.05, 0.1) is 5.75 Å². The van der Waals surface area contributed by atoms with Gasteiger partial charge in [-0.15, -0.1) is 11.8 Å². The van der Waals surface area contributed by atoms with Crippen LogP contribution in [0.3, 0.4) is 0 Å². The molecule has 0 unspecified atom stereocenters. The van der Waals surface area contributed by atoms with Crippen LogP contribution in [-0.2, 0) is 21.9 Å². The highest BCUT2D eigenvalue weighted by molar-refractivity contribution is 7.99. The van der Waals surface area contributed by atoms with E-state index >= 15 is 0 Å². The van der Waals surface area contributed by atoms with Crippen molar-refractivity contribution in [3.63, 3.8) is 0 Å². The summed E-state index contributed by atoms with van der Waals surface area (Å²) >= 11 is 7.38. The molecule has 168 valence electrons. The third-order valence-electron chi connectivity index (χ3n) is 4.94. The molecule has 0 saturated carbocycles. The van der Waals surface area contributed by atoms with Crippen LogP contribution in [0.1, 0.15) is 43.4 Å². The van der Waals surface area contributed by atoms with Crippen molar-refractivity contribution in [1.82, 2.24) is 10.2 Å². The Balaban J connectivity index is 2.14. The minimum atomic E-state index is -0.557. The second-order valence-electron chi connectivity index (χ2n) is 7.42. The standard InChI is InChI=1S/C24H30ClFN2O2S/c1-4-13-27-24(30)22(5-2)28(14-18-11-9-17(3)10-12-18)23(29)16-31-15-19-20(25)7-6-8-21(19)26/h6-12,22H,4-5,13-16H2,1-3H3,(H,27,30)/t22-/m0/s1. The predicted octanol–water partition coefficient (Wildman–Crippen LogP) is 5.35. The molecule has 31 heavy (non-hydrogen) atoms. The summed E-state index contributed by atoms with van der Waals surface area (Å²) in [7, 11) is 0. The fourth-order valence-corrected chi connectivity index (χ4v) is 4.42. The number of hydrogen-bond acceptors (Lipinski definition) is 3. The van der Waals surface area contributed by atoms with Gasteiger partial charge >= 0.3 is 0 Å². The summed E-state index contributed by atoms with van der Waals surface area (Å²) in [4.78, 5) is 27.5. The largest absolute Gasteiger partial charge is 0.354 e. The number of nitrogens with one attached hydrogen (secondary N) is 1. The number of halogens is 2. The average molecular weight is 465 g/mol. The van der Waals surface area contributed by atoms with Crippen molar-refractivity contribution in [3.8, 4) is 0 Å². The number of nitrogens with zero attached hydrogens (tertiary/aromatic N) is 1. The molecule has 2 aromatic rings. The van der Waals surface area contributed by atoms with Gasteiger partial charge in [0.2, 0.25) is 11.8 Å². The lowest BCUT2D eigenvalue weighted by atomic mass is 10.1. The lowest BCUT2D eigenvalue weighted by molar-refractivity contribution is -0.139. The normalized spacial score (nSPS) is 11.8. The molecular formula is C24H30ClFN2O2S. The molecule has 0 aliphatic rings. The first-order chi connectivity index (χ1) is 14.9. The fourth-order valence-electron chi connectivity index (χ4n) is 3.17. The van der Waals surface area contributed by atoms with E-state index in [9.17, 15) is 14.0 Å². The first-order valence-corrected chi connectivity index (χ1v) is 12.0. The first-order valence-electron chi connectivity index (χ1n) is 10.5. The quantitative estimate of drug-likeness (QED) is 0.487. The Bertz CT molecular complexity index is 856. The van der Waals surface area contributed by atoms with Crippen molar-refractivity contribution in [2.24, 2.45) is 0 Å². The Morgan fingerprint density at radius 1 is 1.16 bits per heavy atom. The van der Waals surface area contributed by atoms with Crippen molar-refractivity contribution < 1.29 is 14.0 Å². The zero-order valence-corrected chi connectivity index (χ0v) is 19.9. The van der Waals surface area contributed by atoms with Crippen LogP contribution in [0.2, 0.25) is 5.02 Å². The Hall–Kier alpha value is -2.05. The molecule has 2 amide bonds. The lowest BCUT2D eigenvalue weighted by Gasteiger charge is -2.30. The van der Waals surface area contributed by atoms with Gasteiger partial charge in [-0.2, -0.15) is 0 Å². The maximum absolute atomic E-state index is 14.0. The number of benzene rings is 2. The number of carbonyl (C=O) groups excluding carboxylic acids is 2. The van der Waals surface area contributed by atoms with Crippen LogP contribution in [-0.4, -0.2) is 35.1 Å². The van der Waals surface area contributed by atoms with Crippen LogP contribution in [0.5, 0.6) is 0 Å². The summed E-state index contributed by atoms with van der Waals surface area (Å²) < 4.78 is 14.0. The monoisotopic (exact) mass is 464 g/mol. The van der Waals surface area contributed by atoms with Gasteiger partial charge in [-0.1, -0.05) is 61.3 Å². The number of carbonyl (C=O) groups is 2. The van der Waals surface area contributed by atoms with Crippen molar-refractivity contribution >= 4 is 35.2 Å². The molecule has 0 aromatic heterocycles. The molecule has 0 bridgehead atoms. The van der Waals surface area contributed by atoms with E-state index in [-0.39, 0.29) is 29.1 Å². The second-order valence-corrected chi connectivity index (χ2v) is 8.81. The van der Waals surface area contributed by atoms with Gasteiger partial charge < -0.3 is 10.2 Å². The number of rotatable bonds is 11. The van der Waals surface area contributed by atoms with E-state index < -0.39 is 6.04 Å². The predicted molar refractivity (Wildman–Crippen MR) is 127 cm³/mol. The number of aryl methyl sites for hydroxylation is 1. The molecule has 0 fully saturated rings. The van der Waals surface area contributed by atoms with Gasteiger partial charge in [-0.05, 0) is 37.5 Å². The lowest BCUT2D eigenvalue weighted by Crippen LogP contribution is -2.49. The van der Waals surface area contributed by atoms with E-state index in [0.29, 0.717) is 30.1 Å². The third-order valence-corrected chi connectivity index (χ3v) is 6.24. The minimum Gasteiger partial charge on any atom is -0.354 e. The molecule has 4 nitrogen and oxygen atoms in total. The minimum absolute atomic E-state index is 0.133. The molecule has 0 radical (unpaired) electrons. The Morgan fingerprint density at radius 2 is 1.87 bits per heavy atom. The highest BCUT2D eigenvalue weighted by atomic mass is 35.5. The first kappa shape index (κ1) is 25.2. The van der Waals surface area contributed by atoms with Crippen molar-refractivity contribution in [1.29, 1.82) is 0 Å². The van der Waals surface area contributed by atoms with Gasteiger partial charge in [0.25, 0.3) is 0 Å². The number of amides is 2. The molecule has 1 atom stereocenters. The third kappa shape index (κ3) is 7.54. The van der Waals surface area contributed by atoms with Gasteiger partial charge in [0.15, 0.2) is 0 Å². The molecular weight excluding hydrogens is 435 g/mol. The summed E-state index contributed by atoms with van der Waals surface area (Å²) in [6.45, 7) is 6.81. The maximum atomic E-state index is 14.0. The summed E-state index contributed by atoms with van der Waals surface area (Å²) in [5.41, 5.74) is 2.48. The Kier molecular flexibility index (Phi) is 10.3. The topological polar surface area (TPSA) is 49.4 Å². The van der Waals surface area contributed by atoms with Crippen LogP contribution in [0.25, 0.3) is 0 Å². The molecule has 0 saturated heterocycles. The Labute approximate surface area is 193 Å². The summed E-state index contributed by atoms with van der Waals surface area (Å²) in [6, 6.07) is 11.9. The molecule has 1 N–H and O–H groups in total. The number of hydrogen-bond donors (Lipinski definition) is 1. The van der Waals surface area contributed by atoms with E-state index in [2.05, 4.69) is 5.32 Å². The van der Waals surface area contributed by atoms with Gasteiger partial charge in [-0.3, -0.25) is 9.59 Å². The molecule has 2 rings (SSSR count). The van der Waals surface area contributed by atoms with Gasteiger partial charge in [0.1, 0.15) is 11.9 Å². The summed E-state index contributed by atoms with van der Waals surface area (Å²) in [5.74, 6) is -0.263. The SMILES string of the molecule is CCCNC(=O)[C@H](CC)N(Cc1ccc(C)cc1)C(=O)CSCc1c(F)cccc1Cl. The van der Waals surface area contributed by atoms with Crippen LogP contribution in [0.15, 0.2) is 42.5 Å². The molecule has 0 aliphatic heterocycles. The molecule has 0 aliphatic carbocycles.